The predicted molar refractivity (Wildman–Crippen MR) is 90.8 cm³/mol. The second kappa shape index (κ2) is 6.80. The molecule has 0 spiro atoms. The Balaban J connectivity index is 1.75. The fraction of sp³-hybridized carbons (Fsp3) is 0.278. The fourth-order valence-electron chi connectivity index (χ4n) is 2.92. The molecule has 1 aliphatic rings. The van der Waals surface area contributed by atoms with Crippen LogP contribution in [0, 0.1) is 0 Å². The molecule has 2 heterocycles. The van der Waals surface area contributed by atoms with Crippen molar-refractivity contribution >= 4 is 17.5 Å². The molecule has 2 amide bonds. The lowest BCUT2D eigenvalue weighted by Crippen LogP contribution is -2.42. The topological polar surface area (TPSA) is 88.8 Å². The van der Waals surface area contributed by atoms with E-state index in [0.717, 1.165) is 18.0 Å². The number of hydrogen-bond donors (Lipinski definition) is 1. The van der Waals surface area contributed by atoms with Gasteiger partial charge in [0.2, 0.25) is 17.1 Å². The highest BCUT2D eigenvalue weighted by Gasteiger charge is 2.39. The van der Waals surface area contributed by atoms with Gasteiger partial charge in [0.1, 0.15) is 12.3 Å². The summed E-state index contributed by atoms with van der Waals surface area (Å²) in [6.07, 6.45) is 1.55. The average Bonchev–Trinajstić information content (AvgIpc) is 2.89. The van der Waals surface area contributed by atoms with Crippen molar-refractivity contribution in [3.05, 3.63) is 58.6 Å². The summed E-state index contributed by atoms with van der Waals surface area (Å²) in [5.74, 6) is -0.954. The van der Waals surface area contributed by atoms with Gasteiger partial charge in [-0.2, -0.15) is 0 Å². The predicted octanol–water partition coefficient (Wildman–Crippen LogP) is 1.57. The Labute approximate surface area is 144 Å². The standard InChI is InChI=1S/C18H18N2O5/c1-11-8-13(18(23)20(11)12-6-4-3-5-7-12)19-17(22)15-9-14(21)16(24-2)10-25-15/h3-7,9-11,13H,8H2,1-2H3,(H,19,22)/t11-,13-/m0/s1. The lowest BCUT2D eigenvalue weighted by atomic mass is 10.2. The fourth-order valence-corrected chi connectivity index (χ4v) is 2.92. The summed E-state index contributed by atoms with van der Waals surface area (Å²) in [6, 6.07) is 9.60. The number of nitrogens with zero attached hydrogens (tertiary/aromatic N) is 1. The van der Waals surface area contributed by atoms with Crippen LogP contribution in [0.4, 0.5) is 5.69 Å². The Kier molecular flexibility index (Phi) is 4.56. The minimum atomic E-state index is -0.671. The van der Waals surface area contributed by atoms with E-state index in [-0.39, 0.29) is 23.5 Å². The summed E-state index contributed by atoms with van der Waals surface area (Å²) in [7, 11) is 1.34. The van der Waals surface area contributed by atoms with Crippen LogP contribution in [-0.4, -0.2) is 31.0 Å². The number of rotatable bonds is 4. The van der Waals surface area contributed by atoms with Crippen molar-refractivity contribution in [2.75, 3.05) is 12.0 Å². The van der Waals surface area contributed by atoms with Gasteiger partial charge in [-0.3, -0.25) is 14.4 Å². The van der Waals surface area contributed by atoms with E-state index in [0.29, 0.717) is 6.42 Å². The summed E-state index contributed by atoms with van der Waals surface area (Å²) >= 11 is 0. The van der Waals surface area contributed by atoms with Crippen LogP contribution in [-0.2, 0) is 4.79 Å². The molecule has 0 radical (unpaired) electrons. The third-order valence-corrected chi connectivity index (χ3v) is 4.13. The van der Waals surface area contributed by atoms with Crippen molar-refractivity contribution in [3.8, 4) is 5.75 Å². The van der Waals surface area contributed by atoms with Crippen molar-refractivity contribution in [2.45, 2.75) is 25.4 Å². The van der Waals surface area contributed by atoms with Crippen molar-refractivity contribution < 1.29 is 18.7 Å². The first-order valence-corrected chi connectivity index (χ1v) is 7.87. The molecule has 2 atom stereocenters. The number of hydrogen-bond acceptors (Lipinski definition) is 5. The molecule has 1 fully saturated rings. The molecule has 2 aromatic rings. The van der Waals surface area contributed by atoms with Gasteiger partial charge in [-0.05, 0) is 25.5 Å². The first-order valence-electron chi connectivity index (χ1n) is 7.87. The summed E-state index contributed by atoms with van der Waals surface area (Å²) in [5.41, 5.74) is 0.323. The SMILES string of the molecule is COc1coc(C(=O)N[C@H]2C[C@H](C)N(c3ccccc3)C2=O)cc1=O. The van der Waals surface area contributed by atoms with Gasteiger partial charge in [-0.15, -0.1) is 0 Å². The number of benzene rings is 1. The van der Waals surface area contributed by atoms with Gasteiger partial charge < -0.3 is 19.4 Å². The van der Waals surface area contributed by atoms with Crippen molar-refractivity contribution in [3.63, 3.8) is 0 Å². The summed E-state index contributed by atoms with van der Waals surface area (Å²) in [5, 5.41) is 2.64. The third kappa shape index (κ3) is 3.26. The van der Waals surface area contributed by atoms with Gasteiger partial charge in [0.05, 0.1) is 7.11 Å². The quantitative estimate of drug-likeness (QED) is 0.911. The Morgan fingerprint density at radius 1 is 1.28 bits per heavy atom. The Hall–Kier alpha value is -3.09. The molecule has 1 aliphatic heterocycles. The molecule has 3 rings (SSSR count). The molecule has 0 aliphatic carbocycles. The molecule has 1 aromatic carbocycles. The molecule has 7 heteroatoms. The normalized spacial score (nSPS) is 19.8. The van der Waals surface area contributed by atoms with Gasteiger partial charge in [0, 0.05) is 17.8 Å². The highest BCUT2D eigenvalue weighted by Crippen LogP contribution is 2.26. The number of anilines is 1. The van der Waals surface area contributed by atoms with E-state index in [2.05, 4.69) is 5.32 Å². The van der Waals surface area contributed by atoms with E-state index in [9.17, 15) is 14.4 Å². The van der Waals surface area contributed by atoms with Crippen LogP contribution in [0.5, 0.6) is 5.75 Å². The summed E-state index contributed by atoms with van der Waals surface area (Å²) in [6.45, 7) is 1.92. The van der Waals surface area contributed by atoms with E-state index < -0.39 is 17.4 Å². The summed E-state index contributed by atoms with van der Waals surface area (Å²) in [4.78, 5) is 38.3. The van der Waals surface area contributed by atoms with E-state index in [1.54, 1.807) is 4.90 Å². The minimum Gasteiger partial charge on any atom is -0.490 e. The maximum Gasteiger partial charge on any atom is 0.287 e. The van der Waals surface area contributed by atoms with E-state index in [1.807, 2.05) is 37.3 Å². The zero-order valence-electron chi connectivity index (χ0n) is 13.9. The molecule has 7 nitrogen and oxygen atoms in total. The van der Waals surface area contributed by atoms with Crippen molar-refractivity contribution in [1.29, 1.82) is 0 Å². The minimum absolute atomic E-state index is 0.0115. The monoisotopic (exact) mass is 342 g/mol. The van der Waals surface area contributed by atoms with Crippen LogP contribution in [0.15, 0.2) is 51.9 Å². The highest BCUT2D eigenvalue weighted by molar-refractivity contribution is 6.03. The molecule has 1 saturated heterocycles. The summed E-state index contributed by atoms with van der Waals surface area (Å²) < 4.78 is 9.92. The number of ether oxygens (including phenoxy) is 1. The first kappa shape index (κ1) is 16.8. The molecular weight excluding hydrogens is 324 g/mol. The van der Waals surface area contributed by atoms with Gasteiger partial charge in [-0.25, -0.2) is 0 Å². The maximum absolute atomic E-state index is 12.6. The number of methoxy groups -OCH3 is 1. The zero-order chi connectivity index (χ0) is 18.0. The number of nitrogens with one attached hydrogen (secondary N) is 1. The third-order valence-electron chi connectivity index (χ3n) is 4.13. The Morgan fingerprint density at radius 2 is 2.00 bits per heavy atom. The average molecular weight is 342 g/mol. The Bertz CT molecular complexity index is 846. The second-order valence-electron chi connectivity index (χ2n) is 5.83. The molecule has 0 bridgehead atoms. The smallest absolute Gasteiger partial charge is 0.287 e. The van der Waals surface area contributed by atoms with Crippen LogP contribution < -0.4 is 20.4 Å². The second-order valence-corrected chi connectivity index (χ2v) is 5.83. The Morgan fingerprint density at radius 3 is 2.64 bits per heavy atom. The van der Waals surface area contributed by atoms with E-state index in [4.69, 9.17) is 9.15 Å². The van der Waals surface area contributed by atoms with Crippen LogP contribution in [0.3, 0.4) is 0 Å². The van der Waals surface area contributed by atoms with Crippen LogP contribution in [0.1, 0.15) is 23.9 Å². The van der Waals surface area contributed by atoms with Gasteiger partial charge in [0.25, 0.3) is 5.91 Å². The number of carbonyl (C=O) groups excluding carboxylic acids is 2. The molecule has 25 heavy (non-hydrogen) atoms. The zero-order valence-corrected chi connectivity index (χ0v) is 13.9. The lowest BCUT2D eigenvalue weighted by Gasteiger charge is -2.21. The molecule has 130 valence electrons. The van der Waals surface area contributed by atoms with E-state index in [1.165, 1.54) is 7.11 Å². The number of para-hydroxylation sites is 1. The molecular formula is C18H18N2O5. The molecule has 0 unspecified atom stereocenters. The molecule has 1 N–H and O–H groups in total. The van der Waals surface area contributed by atoms with Gasteiger partial charge in [0.15, 0.2) is 5.76 Å². The molecule has 1 aromatic heterocycles. The largest absolute Gasteiger partial charge is 0.490 e. The maximum atomic E-state index is 12.6. The van der Waals surface area contributed by atoms with Crippen LogP contribution >= 0.6 is 0 Å². The van der Waals surface area contributed by atoms with E-state index >= 15 is 0 Å². The lowest BCUT2D eigenvalue weighted by molar-refractivity contribution is -0.118. The van der Waals surface area contributed by atoms with Crippen LogP contribution in [0.25, 0.3) is 0 Å². The highest BCUT2D eigenvalue weighted by atomic mass is 16.5. The van der Waals surface area contributed by atoms with Crippen LogP contribution in [0.2, 0.25) is 0 Å². The van der Waals surface area contributed by atoms with Gasteiger partial charge >= 0.3 is 0 Å². The van der Waals surface area contributed by atoms with Crippen molar-refractivity contribution in [1.82, 2.24) is 5.32 Å². The van der Waals surface area contributed by atoms with Crippen molar-refractivity contribution in [2.24, 2.45) is 0 Å². The first-order chi connectivity index (χ1) is 12.0. The number of amides is 2. The van der Waals surface area contributed by atoms with Gasteiger partial charge in [-0.1, -0.05) is 18.2 Å². The number of carbonyl (C=O) groups is 2. The molecule has 0 saturated carbocycles.